The van der Waals surface area contributed by atoms with E-state index in [1.807, 2.05) is 64.1 Å². The predicted octanol–water partition coefficient (Wildman–Crippen LogP) is 7.36. The van der Waals surface area contributed by atoms with Gasteiger partial charge >= 0.3 is 0 Å². The number of hydrogen-bond donors (Lipinski definition) is 1. The molecule has 1 atom stereocenters. The molecular weight excluding hydrogens is 641 g/mol. The van der Waals surface area contributed by atoms with Crippen LogP contribution in [0.2, 0.25) is 10.0 Å². The lowest BCUT2D eigenvalue weighted by molar-refractivity contribution is -0.140. The highest BCUT2D eigenvalue weighted by Crippen LogP contribution is 2.30. The van der Waals surface area contributed by atoms with Crippen molar-refractivity contribution in [2.75, 3.05) is 10.8 Å². The standard InChI is InChI=1S/C36H39Cl2N3O4S/c1-25-14-17-31(18-15-25)46(44,45)41(32-19-16-30(38)20-26(32)2)24-34(42)40(23-28-12-9-13-29(37)21-28)33(35(43)39-36(3,4)5)22-27-10-7-6-8-11-27/h6-21,33H,22-24H2,1-5H3,(H,39,43). The minimum atomic E-state index is -4.23. The van der Waals surface area contributed by atoms with Gasteiger partial charge in [0.25, 0.3) is 10.0 Å². The van der Waals surface area contributed by atoms with E-state index in [-0.39, 0.29) is 23.8 Å². The average molecular weight is 681 g/mol. The second-order valence-corrected chi connectivity index (χ2v) is 15.1. The van der Waals surface area contributed by atoms with E-state index in [1.54, 1.807) is 55.5 Å². The lowest BCUT2D eigenvalue weighted by atomic mass is 10.0. The Morgan fingerprint density at radius 1 is 0.804 bits per heavy atom. The van der Waals surface area contributed by atoms with Gasteiger partial charge in [-0.05, 0) is 93.8 Å². The first kappa shape index (κ1) is 35.0. The SMILES string of the molecule is Cc1ccc(S(=O)(=O)N(CC(=O)N(Cc2cccc(Cl)c2)C(Cc2ccccc2)C(=O)NC(C)(C)C)c2ccc(Cl)cc2C)cc1. The van der Waals surface area contributed by atoms with Crippen LogP contribution in [-0.2, 0) is 32.6 Å². The first-order valence-corrected chi connectivity index (χ1v) is 17.1. The van der Waals surface area contributed by atoms with Gasteiger partial charge < -0.3 is 10.2 Å². The zero-order valence-electron chi connectivity index (χ0n) is 26.6. The Morgan fingerprint density at radius 2 is 1.43 bits per heavy atom. The van der Waals surface area contributed by atoms with Gasteiger partial charge in [0.05, 0.1) is 10.6 Å². The van der Waals surface area contributed by atoms with Gasteiger partial charge in [-0.2, -0.15) is 0 Å². The highest BCUT2D eigenvalue weighted by atomic mass is 35.5. The fourth-order valence-electron chi connectivity index (χ4n) is 5.09. The van der Waals surface area contributed by atoms with Gasteiger partial charge in [0.1, 0.15) is 12.6 Å². The first-order chi connectivity index (χ1) is 21.6. The fraction of sp³-hybridized carbons (Fsp3) is 0.278. The number of amides is 2. The van der Waals surface area contributed by atoms with Crippen LogP contribution in [0.3, 0.4) is 0 Å². The van der Waals surface area contributed by atoms with Crippen LogP contribution in [0.25, 0.3) is 0 Å². The summed E-state index contributed by atoms with van der Waals surface area (Å²) in [6.07, 6.45) is 0.208. The van der Waals surface area contributed by atoms with E-state index >= 15 is 0 Å². The van der Waals surface area contributed by atoms with Crippen LogP contribution in [0.5, 0.6) is 0 Å². The largest absolute Gasteiger partial charge is 0.350 e. The molecule has 0 radical (unpaired) electrons. The quantitative estimate of drug-likeness (QED) is 0.179. The zero-order chi connectivity index (χ0) is 33.6. The lowest BCUT2D eigenvalue weighted by Gasteiger charge is -2.35. The summed E-state index contributed by atoms with van der Waals surface area (Å²) in [5.74, 6) is -0.919. The maximum Gasteiger partial charge on any atom is 0.264 e. The first-order valence-electron chi connectivity index (χ1n) is 14.9. The van der Waals surface area contributed by atoms with Gasteiger partial charge in [0, 0.05) is 28.5 Å². The van der Waals surface area contributed by atoms with E-state index in [4.69, 9.17) is 23.2 Å². The molecule has 0 aliphatic carbocycles. The minimum Gasteiger partial charge on any atom is -0.350 e. The third-order valence-corrected chi connectivity index (χ3v) is 9.57. The minimum absolute atomic E-state index is 0.0203. The molecular formula is C36H39Cl2N3O4S. The van der Waals surface area contributed by atoms with Gasteiger partial charge in [0.2, 0.25) is 11.8 Å². The Kier molecular flexibility index (Phi) is 11.2. The summed E-state index contributed by atoms with van der Waals surface area (Å²) in [5, 5.41) is 3.94. The van der Waals surface area contributed by atoms with Gasteiger partial charge in [-0.25, -0.2) is 8.42 Å². The monoisotopic (exact) mass is 679 g/mol. The summed E-state index contributed by atoms with van der Waals surface area (Å²) < 4.78 is 29.6. The number of sulfonamides is 1. The molecule has 0 fully saturated rings. The van der Waals surface area contributed by atoms with Gasteiger partial charge in [-0.3, -0.25) is 13.9 Å². The number of hydrogen-bond acceptors (Lipinski definition) is 4. The summed E-state index contributed by atoms with van der Waals surface area (Å²) in [6, 6.07) is 26.8. The number of rotatable bonds is 11. The van der Waals surface area contributed by atoms with E-state index in [0.717, 1.165) is 15.4 Å². The molecule has 46 heavy (non-hydrogen) atoms. The van der Waals surface area contributed by atoms with Crippen molar-refractivity contribution in [3.63, 3.8) is 0 Å². The molecule has 0 spiro atoms. The lowest BCUT2D eigenvalue weighted by Crippen LogP contribution is -2.56. The number of carbonyl (C=O) groups is 2. The topological polar surface area (TPSA) is 86.8 Å². The predicted molar refractivity (Wildman–Crippen MR) is 186 cm³/mol. The molecule has 0 bridgehead atoms. The fourth-order valence-corrected chi connectivity index (χ4v) is 7.01. The van der Waals surface area contributed by atoms with Crippen LogP contribution in [0.1, 0.15) is 43.0 Å². The average Bonchev–Trinajstić information content (AvgIpc) is 2.98. The second kappa shape index (κ2) is 14.7. The van der Waals surface area contributed by atoms with Crippen molar-refractivity contribution in [2.24, 2.45) is 0 Å². The van der Waals surface area contributed by atoms with E-state index in [2.05, 4.69) is 5.32 Å². The van der Waals surface area contributed by atoms with Crippen molar-refractivity contribution in [3.8, 4) is 0 Å². The van der Waals surface area contributed by atoms with E-state index < -0.39 is 34.1 Å². The summed E-state index contributed by atoms with van der Waals surface area (Å²) in [5.41, 5.74) is 2.73. The summed E-state index contributed by atoms with van der Waals surface area (Å²) in [7, 11) is -4.23. The van der Waals surface area contributed by atoms with E-state index in [0.29, 0.717) is 26.9 Å². The van der Waals surface area contributed by atoms with E-state index in [9.17, 15) is 18.0 Å². The molecule has 0 aliphatic heterocycles. The number of anilines is 1. The molecule has 0 aliphatic rings. The normalized spacial score (nSPS) is 12.3. The number of aryl methyl sites for hydroxylation is 2. The Labute approximate surface area is 282 Å². The molecule has 0 saturated heterocycles. The zero-order valence-corrected chi connectivity index (χ0v) is 29.0. The third-order valence-electron chi connectivity index (χ3n) is 7.33. The van der Waals surface area contributed by atoms with Crippen molar-refractivity contribution >= 4 is 50.7 Å². The van der Waals surface area contributed by atoms with Crippen molar-refractivity contribution in [1.29, 1.82) is 0 Å². The van der Waals surface area contributed by atoms with Crippen LogP contribution < -0.4 is 9.62 Å². The van der Waals surface area contributed by atoms with Gasteiger partial charge in [-0.15, -0.1) is 0 Å². The molecule has 0 aromatic heterocycles. The molecule has 242 valence electrons. The van der Waals surface area contributed by atoms with Crippen molar-refractivity contribution in [3.05, 3.63) is 129 Å². The Hall–Kier alpha value is -3.85. The third kappa shape index (κ3) is 9.12. The molecule has 4 aromatic rings. The van der Waals surface area contributed by atoms with Crippen molar-refractivity contribution in [2.45, 2.75) is 64.1 Å². The highest BCUT2D eigenvalue weighted by molar-refractivity contribution is 7.92. The number of nitrogens with zero attached hydrogens (tertiary/aromatic N) is 2. The van der Waals surface area contributed by atoms with Crippen LogP contribution in [0.15, 0.2) is 102 Å². The molecule has 10 heteroatoms. The molecule has 0 heterocycles. The summed E-state index contributed by atoms with van der Waals surface area (Å²) in [6.45, 7) is 8.67. The number of nitrogens with one attached hydrogen (secondary N) is 1. The molecule has 7 nitrogen and oxygen atoms in total. The molecule has 4 aromatic carbocycles. The number of carbonyl (C=O) groups excluding carboxylic acids is 2. The highest BCUT2D eigenvalue weighted by Gasteiger charge is 2.36. The van der Waals surface area contributed by atoms with Gasteiger partial charge in [0.15, 0.2) is 0 Å². The maximum atomic E-state index is 14.6. The Bertz CT molecular complexity index is 1790. The van der Waals surface area contributed by atoms with Gasteiger partial charge in [-0.1, -0.05) is 83.4 Å². The Balaban J connectivity index is 1.84. The van der Waals surface area contributed by atoms with Crippen LogP contribution in [-0.4, -0.2) is 43.3 Å². The second-order valence-electron chi connectivity index (χ2n) is 12.4. The molecule has 0 saturated carbocycles. The van der Waals surface area contributed by atoms with Crippen LogP contribution in [0, 0.1) is 13.8 Å². The maximum absolute atomic E-state index is 14.6. The Morgan fingerprint density at radius 3 is 2.04 bits per heavy atom. The van der Waals surface area contributed by atoms with Crippen LogP contribution >= 0.6 is 23.2 Å². The summed E-state index contributed by atoms with van der Waals surface area (Å²) in [4.78, 5) is 30.1. The number of benzene rings is 4. The number of halogens is 2. The van der Waals surface area contributed by atoms with Crippen molar-refractivity contribution in [1.82, 2.24) is 10.2 Å². The smallest absolute Gasteiger partial charge is 0.264 e. The van der Waals surface area contributed by atoms with E-state index in [1.165, 1.54) is 17.0 Å². The van der Waals surface area contributed by atoms with Crippen molar-refractivity contribution < 1.29 is 18.0 Å². The summed E-state index contributed by atoms with van der Waals surface area (Å²) >= 11 is 12.6. The van der Waals surface area contributed by atoms with Crippen LogP contribution in [0.4, 0.5) is 5.69 Å². The molecule has 4 rings (SSSR count). The molecule has 2 amide bonds. The molecule has 1 unspecified atom stereocenters. The molecule has 1 N–H and O–H groups in total.